The van der Waals surface area contributed by atoms with Gasteiger partial charge in [-0.1, -0.05) is 41.6 Å². The highest BCUT2D eigenvalue weighted by Crippen LogP contribution is 2.40. The van der Waals surface area contributed by atoms with E-state index in [1.54, 1.807) is 7.11 Å². The first kappa shape index (κ1) is 21.7. The lowest BCUT2D eigenvalue weighted by molar-refractivity contribution is 0.130. The minimum Gasteiger partial charge on any atom is -0.497 e. The van der Waals surface area contributed by atoms with E-state index >= 15 is 0 Å². The SMILES string of the molecule is COc1cccc(CO/N=C(\C)c2ccc(C3CCC(COP(O)O)C3)cc2)c1. The number of rotatable bonds is 9. The second kappa shape index (κ2) is 10.7. The van der Waals surface area contributed by atoms with Crippen LogP contribution in [0.4, 0.5) is 0 Å². The molecule has 0 aliphatic heterocycles. The molecule has 2 aromatic carbocycles. The molecule has 1 fully saturated rings. The molecule has 1 saturated carbocycles. The summed E-state index contributed by atoms with van der Waals surface area (Å²) < 4.78 is 10.2. The molecule has 1 aliphatic carbocycles. The molecule has 2 atom stereocenters. The predicted molar refractivity (Wildman–Crippen MR) is 114 cm³/mol. The third-order valence-corrected chi connectivity index (χ3v) is 5.71. The maximum atomic E-state index is 8.90. The van der Waals surface area contributed by atoms with Gasteiger partial charge in [0.15, 0.2) is 0 Å². The molecule has 0 amide bonds. The Balaban J connectivity index is 1.52. The summed E-state index contributed by atoms with van der Waals surface area (Å²) >= 11 is 0. The van der Waals surface area contributed by atoms with Crippen LogP contribution in [0.3, 0.4) is 0 Å². The Labute approximate surface area is 173 Å². The zero-order valence-electron chi connectivity index (χ0n) is 16.8. The Bertz CT molecular complexity index is 809. The van der Waals surface area contributed by atoms with Crippen LogP contribution in [-0.2, 0) is 16.0 Å². The van der Waals surface area contributed by atoms with E-state index in [0.29, 0.717) is 25.0 Å². The van der Waals surface area contributed by atoms with Crippen molar-refractivity contribution in [1.29, 1.82) is 0 Å². The number of oxime groups is 1. The average molecular weight is 417 g/mol. The van der Waals surface area contributed by atoms with Gasteiger partial charge in [0, 0.05) is 0 Å². The summed E-state index contributed by atoms with van der Waals surface area (Å²) in [6, 6.07) is 16.2. The number of hydrogen-bond acceptors (Lipinski definition) is 6. The molecular formula is C22H28NO5P. The van der Waals surface area contributed by atoms with E-state index < -0.39 is 8.60 Å². The van der Waals surface area contributed by atoms with Gasteiger partial charge < -0.3 is 23.9 Å². The molecule has 6 nitrogen and oxygen atoms in total. The van der Waals surface area contributed by atoms with Crippen molar-refractivity contribution < 1.29 is 23.9 Å². The van der Waals surface area contributed by atoms with Crippen LogP contribution in [0.5, 0.6) is 5.75 Å². The van der Waals surface area contributed by atoms with Gasteiger partial charge in [-0.3, -0.25) is 0 Å². The number of hydrogen-bond donors (Lipinski definition) is 2. The van der Waals surface area contributed by atoms with Crippen molar-refractivity contribution in [1.82, 2.24) is 0 Å². The van der Waals surface area contributed by atoms with Crippen molar-refractivity contribution in [2.75, 3.05) is 13.7 Å². The maximum absolute atomic E-state index is 8.90. The molecule has 0 bridgehead atoms. The van der Waals surface area contributed by atoms with Crippen molar-refractivity contribution >= 4 is 14.3 Å². The fourth-order valence-electron chi connectivity index (χ4n) is 3.72. The van der Waals surface area contributed by atoms with Crippen molar-refractivity contribution in [3.8, 4) is 5.75 Å². The second-order valence-electron chi connectivity index (χ2n) is 7.35. The molecule has 0 radical (unpaired) electrons. The van der Waals surface area contributed by atoms with E-state index in [4.69, 9.17) is 23.9 Å². The highest BCUT2D eigenvalue weighted by molar-refractivity contribution is 7.39. The van der Waals surface area contributed by atoms with Gasteiger partial charge in [-0.15, -0.1) is 0 Å². The summed E-state index contributed by atoms with van der Waals surface area (Å²) in [6.07, 6.45) is 3.16. The van der Waals surface area contributed by atoms with Gasteiger partial charge >= 0.3 is 8.60 Å². The minimum atomic E-state index is -2.25. The summed E-state index contributed by atoms with van der Waals surface area (Å²) in [6.45, 7) is 2.75. The number of nitrogens with zero attached hydrogens (tertiary/aromatic N) is 1. The molecule has 156 valence electrons. The molecule has 0 heterocycles. The molecule has 1 aliphatic rings. The van der Waals surface area contributed by atoms with E-state index in [9.17, 15) is 0 Å². The lowest BCUT2D eigenvalue weighted by atomic mass is 9.95. The van der Waals surface area contributed by atoms with Crippen LogP contribution in [0.25, 0.3) is 0 Å². The molecular weight excluding hydrogens is 389 g/mol. The maximum Gasteiger partial charge on any atom is 0.327 e. The molecule has 0 aromatic heterocycles. The summed E-state index contributed by atoms with van der Waals surface area (Å²) in [4.78, 5) is 23.3. The van der Waals surface area contributed by atoms with Gasteiger partial charge in [0.25, 0.3) is 0 Å². The van der Waals surface area contributed by atoms with Gasteiger partial charge in [-0.05, 0) is 66.8 Å². The highest BCUT2D eigenvalue weighted by Gasteiger charge is 2.26. The Morgan fingerprint density at radius 1 is 1.14 bits per heavy atom. The normalized spacial score (nSPS) is 19.6. The third-order valence-electron chi connectivity index (χ3n) is 5.33. The van der Waals surface area contributed by atoms with E-state index in [1.165, 1.54) is 5.56 Å². The Morgan fingerprint density at radius 2 is 1.93 bits per heavy atom. The van der Waals surface area contributed by atoms with E-state index in [1.807, 2.05) is 31.2 Å². The van der Waals surface area contributed by atoms with Crippen LogP contribution in [0.1, 0.15) is 48.8 Å². The molecule has 2 aromatic rings. The number of benzene rings is 2. The van der Waals surface area contributed by atoms with Crippen molar-refractivity contribution in [2.24, 2.45) is 11.1 Å². The van der Waals surface area contributed by atoms with Crippen LogP contribution in [0, 0.1) is 5.92 Å². The first-order valence-electron chi connectivity index (χ1n) is 9.75. The minimum absolute atomic E-state index is 0.386. The third kappa shape index (κ3) is 6.51. The number of ether oxygens (including phenoxy) is 1. The van der Waals surface area contributed by atoms with Crippen LogP contribution in [0.15, 0.2) is 53.7 Å². The monoisotopic (exact) mass is 417 g/mol. The van der Waals surface area contributed by atoms with Gasteiger partial charge in [-0.25, -0.2) is 0 Å². The van der Waals surface area contributed by atoms with Crippen LogP contribution >= 0.6 is 8.60 Å². The standard InChI is InChI=1S/C22H28NO5P/c1-16(23-27-14-17-4-3-5-22(13-17)26-2)19-8-10-20(11-9-19)21-7-6-18(12-21)15-28-29(24)25/h3-5,8-11,13,18,21,24-25H,6-7,12,14-15H2,1-2H3/b23-16+. The summed E-state index contributed by atoms with van der Waals surface area (Å²) in [5.74, 6) is 1.68. The quantitative estimate of drug-likeness (QED) is 0.350. The first-order valence-corrected chi connectivity index (χ1v) is 10.9. The average Bonchev–Trinajstić information content (AvgIpc) is 3.21. The van der Waals surface area contributed by atoms with Crippen molar-refractivity contribution in [2.45, 2.75) is 38.7 Å². The number of methoxy groups -OCH3 is 1. The highest BCUT2D eigenvalue weighted by atomic mass is 31.2. The van der Waals surface area contributed by atoms with E-state index in [2.05, 4.69) is 29.4 Å². The summed E-state index contributed by atoms with van der Waals surface area (Å²) in [5, 5.41) is 4.24. The lowest BCUT2D eigenvalue weighted by Crippen LogP contribution is -2.04. The summed E-state index contributed by atoms with van der Waals surface area (Å²) in [5.41, 5.74) is 4.17. The molecule has 2 unspecified atom stereocenters. The van der Waals surface area contributed by atoms with Gasteiger partial charge in [0.2, 0.25) is 0 Å². The Kier molecular flexibility index (Phi) is 8.01. The fraction of sp³-hybridized carbons (Fsp3) is 0.409. The van der Waals surface area contributed by atoms with Crippen LogP contribution in [0.2, 0.25) is 0 Å². The van der Waals surface area contributed by atoms with Gasteiger partial charge in [-0.2, -0.15) is 0 Å². The second-order valence-corrected chi connectivity index (χ2v) is 8.11. The largest absolute Gasteiger partial charge is 0.497 e. The molecule has 0 saturated heterocycles. The molecule has 2 N–H and O–H groups in total. The summed E-state index contributed by atoms with van der Waals surface area (Å²) in [7, 11) is -0.607. The zero-order valence-corrected chi connectivity index (χ0v) is 17.7. The fourth-order valence-corrected chi connectivity index (χ4v) is 4.06. The van der Waals surface area contributed by atoms with Crippen molar-refractivity contribution in [3.05, 3.63) is 65.2 Å². The smallest absolute Gasteiger partial charge is 0.327 e. The van der Waals surface area contributed by atoms with Gasteiger partial charge in [0.05, 0.1) is 19.4 Å². The molecule has 29 heavy (non-hydrogen) atoms. The Morgan fingerprint density at radius 3 is 2.66 bits per heavy atom. The van der Waals surface area contributed by atoms with E-state index in [0.717, 1.165) is 41.9 Å². The van der Waals surface area contributed by atoms with Crippen LogP contribution in [-0.4, -0.2) is 29.2 Å². The first-order chi connectivity index (χ1) is 14.0. The van der Waals surface area contributed by atoms with E-state index in [-0.39, 0.29) is 0 Å². The molecule has 3 rings (SSSR count). The lowest BCUT2D eigenvalue weighted by Gasteiger charge is -2.13. The molecule has 0 spiro atoms. The predicted octanol–water partition coefficient (Wildman–Crippen LogP) is 4.75. The Hall–Kier alpha value is -1.98. The molecule has 7 heteroatoms. The topological polar surface area (TPSA) is 80.5 Å². The van der Waals surface area contributed by atoms with Crippen LogP contribution < -0.4 is 4.74 Å². The zero-order chi connectivity index (χ0) is 20.6. The van der Waals surface area contributed by atoms with Gasteiger partial charge in [0.1, 0.15) is 12.4 Å². The van der Waals surface area contributed by atoms with Crippen molar-refractivity contribution in [3.63, 3.8) is 0 Å².